The molecule has 3 aromatic rings. The van der Waals surface area contributed by atoms with Gasteiger partial charge in [0.05, 0.1) is 10.2 Å². The summed E-state index contributed by atoms with van der Waals surface area (Å²) < 4.78 is 1.06. The molecule has 0 atom stereocenters. The van der Waals surface area contributed by atoms with Crippen LogP contribution in [0.4, 0.5) is 5.13 Å². The van der Waals surface area contributed by atoms with Gasteiger partial charge in [-0.1, -0.05) is 35.6 Å². The van der Waals surface area contributed by atoms with E-state index in [0.717, 1.165) is 28.7 Å². The van der Waals surface area contributed by atoms with Crippen LogP contribution < -0.4 is 4.90 Å². The summed E-state index contributed by atoms with van der Waals surface area (Å²) in [7, 11) is 1.75. The molecular formula is C20H19N3O2S. The van der Waals surface area contributed by atoms with E-state index < -0.39 is 0 Å². The first-order valence-electron chi connectivity index (χ1n) is 8.62. The number of anilines is 1. The van der Waals surface area contributed by atoms with Gasteiger partial charge in [0.15, 0.2) is 5.13 Å². The minimum Gasteiger partial charge on any atom is -0.338 e. The zero-order valence-electron chi connectivity index (χ0n) is 14.5. The van der Waals surface area contributed by atoms with Crippen molar-refractivity contribution in [3.63, 3.8) is 0 Å². The standard InChI is InChI=1S/C20H19N3O2S/c1-22(20-21-16-5-2-3-6-17(16)26-20)19(25)15-10-8-14(9-11-15)13-23-12-4-7-18(23)24/h2-3,5-6,8-11H,4,7,12-13H2,1H3. The van der Waals surface area contributed by atoms with Crippen LogP contribution in [0.5, 0.6) is 0 Å². The Morgan fingerprint density at radius 2 is 1.96 bits per heavy atom. The minimum absolute atomic E-state index is 0.0899. The number of nitrogens with zero attached hydrogens (tertiary/aromatic N) is 3. The molecule has 0 spiro atoms. The van der Waals surface area contributed by atoms with E-state index in [1.165, 1.54) is 11.3 Å². The molecule has 1 fully saturated rings. The number of hydrogen-bond donors (Lipinski definition) is 0. The molecule has 2 heterocycles. The SMILES string of the molecule is CN(C(=O)c1ccc(CN2CCCC2=O)cc1)c1nc2ccccc2s1. The zero-order chi connectivity index (χ0) is 18.1. The van der Waals surface area contributed by atoms with Crippen molar-refractivity contribution in [2.45, 2.75) is 19.4 Å². The highest BCUT2D eigenvalue weighted by atomic mass is 32.1. The molecule has 5 nitrogen and oxygen atoms in total. The highest BCUT2D eigenvalue weighted by molar-refractivity contribution is 7.22. The van der Waals surface area contributed by atoms with Crippen molar-refractivity contribution in [2.24, 2.45) is 0 Å². The van der Waals surface area contributed by atoms with Crippen LogP contribution in [0, 0.1) is 0 Å². The van der Waals surface area contributed by atoms with E-state index in [2.05, 4.69) is 4.98 Å². The summed E-state index contributed by atoms with van der Waals surface area (Å²) in [6, 6.07) is 15.3. The maximum atomic E-state index is 12.8. The average Bonchev–Trinajstić information content (AvgIpc) is 3.27. The molecule has 2 amide bonds. The van der Waals surface area contributed by atoms with Crippen LogP contribution >= 0.6 is 11.3 Å². The van der Waals surface area contributed by atoms with Crippen molar-refractivity contribution >= 4 is 38.5 Å². The monoisotopic (exact) mass is 365 g/mol. The first-order valence-corrected chi connectivity index (χ1v) is 9.44. The van der Waals surface area contributed by atoms with Crippen LogP contribution in [0.1, 0.15) is 28.8 Å². The molecule has 0 N–H and O–H groups in total. The number of fused-ring (bicyclic) bond motifs is 1. The Morgan fingerprint density at radius 1 is 1.19 bits per heavy atom. The van der Waals surface area contributed by atoms with Crippen molar-refractivity contribution < 1.29 is 9.59 Å². The Bertz CT molecular complexity index is 932. The molecule has 132 valence electrons. The fourth-order valence-electron chi connectivity index (χ4n) is 3.13. The van der Waals surface area contributed by atoms with Gasteiger partial charge >= 0.3 is 0 Å². The fourth-order valence-corrected chi connectivity index (χ4v) is 4.05. The number of carbonyl (C=O) groups excluding carboxylic acids is 2. The summed E-state index contributed by atoms with van der Waals surface area (Å²) in [6.45, 7) is 1.43. The quantitative estimate of drug-likeness (QED) is 0.708. The van der Waals surface area contributed by atoms with E-state index in [0.29, 0.717) is 23.7 Å². The normalized spacial score (nSPS) is 14.2. The van der Waals surface area contributed by atoms with Gasteiger partial charge in [0.25, 0.3) is 5.91 Å². The van der Waals surface area contributed by atoms with Crippen LogP contribution in [0.2, 0.25) is 0 Å². The number of rotatable bonds is 4. The first kappa shape index (κ1) is 16.7. The molecule has 2 aromatic carbocycles. The van der Waals surface area contributed by atoms with E-state index in [-0.39, 0.29) is 11.8 Å². The molecule has 1 saturated heterocycles. The van der Waals surface area contributed by atoms with Gasteiger partial charge in [-0.2, -0.15) is 0 Å². The Labute approximate surface area is 155 Å². The van der Waals surface area contributed by atoms with Crippen molar-refractivity contribution in [3.05, 3.63) is 59.7 Å². The van der Waals surface area contributed by atoms with E-state index in [1.807, 2.05) is 53.4 Å². The van der Waals surface area contributed by atoms with E-state index in [4.69, 9.17) is 0 Å². The van der Waals surface area contributed by atoms with Crippen LogP contribution in [-0.2, 0) is 11.3 Å². The Balaban J connectivity index is 1.49. The topological polar surface area (TPSA) is 53.5 Å². The third kappa shape index (κ3) is 3.20. The molecule has 6 heteroatoms. The van der Waals surface area contributed by atoms with Gasteiger partial charge in [-0.25, -0.2) is 4.98 Å². The number of aromatic nitrogens is 1. The Hall–Kier alpha value is -2.73. The summed E-state index contributed by atoms with van der Waals surface area (Å²) in [4.78, 5) is 32.5. The third-order valence-electron chi connectivity index (χ3n) is 4.62. The van der Waals surface area contributed by atoms with Crippen molar-refractivity contribution in [3.8, 4) is 0 Å². The second kappa shape index (κ2) is 6.88. The maximum Gasteiger partial charge on any atom is 0.259 e. The minimum atomic E-state index is -0.0899. The van der Waals surface area contributed by atoms with Crippen LogP contribution in [0.3, 0.4) is 0 Å². The summed E-state index contributed by atoms with van der Waals surface area (Å²) in [5.74, 6) is 0.119. The van der Waals surface area contributed by atoms with E-state index in [1.54, 1.807) is 11.9 Å². The lowest BCUT2D eigenvalue weighted by atomic mass is 10.1. The average molecular weight is 365 g/mol. The second-order valence-corrected chi connectivity index (χ2v) is 7.45. The molecule has 0 bridgehead atoms. The lowest BCUT2D eigenvalue weighted by Gasteiger charge is -2.16. The van der Waals surface area contributed by atoms with Crippen LogP contribution in [0.25, 0.3) is 10.2 Å². The molecule has 0 saturated carbocycles. The summed E-state index contributed by atoms with van der Waals surface area (Å²) in [6.07, 6.45) is 1.58. The van der Waals surface area contributed by atoms with Gasteiger partial charge in [-0.05, 0) is 36.2 Å². The van der Waals surface area contributed by atoms with Gasteiger partial charge in [0.2, 0.25) is 5.91 Å². The Morgan fingerprint density at radius 3 is 2.65 bits per heavy atom. The van der Waals surface area contributed by atoms with Gasteiger partial charge in [0, 0.05) is 32.1 Å². The summed E-state index contributed by atoms with van der Waals surface area (Å²) >= 11 is 1.50. The van der Waals surface area contributed by atoms with Gasteiger partial charge in [-0.15, -0.1) is 0 Å². The number of likely N-dealkylation sites (tertiary alicyclic amines) is 1. The number of hydrogen-bond acceptors (Lipinski definition) is 4. The summed E-state index contributed by atoms with van der Waals surface area (Å²) in [5.41, 5.74) is 2.56. The molecule has 26 heavy (non-hydrogen) atoms. The van der Waals surface area contributed by atoms with Crippen molar-refractivity contribution in [1.29, 1.82) is 0 Å². The lowest BCUT2D eigenvalue weighted by Crippen LogP contribution is -2.26. The molecular weight excluding hydrogens is 346 g/mol. The van der Waals surface area contributed by atoms with Gasteiger partial charge < -0.3 is 4.90 Å². The van der Waals surface area contributed by atoms with Crippen LogP contribution in [-0.4, -0.2) is 35.3 Å². The number of thiazole rings is 1. The van der Waals surface area contributed by atoms with Gasteiger partial charge in [-0.3, -0.25) is 14.5 Å². The summed E-state index contributed by atoms with van der Waals surface area (Å²) in [5, 5.41) is 0.683. The highest BCUT2D eigenvalue weighted by Gasteiger charge is 2.21. The molecule has 0 aliphatic carbocycles. The second-order valence-electron chi connectivity index (χ2n) is 6.44. The van der Waals surface area contributed by atoms with Gasteiger partial charge in [0.1, 0.15) is 0 Å². The Kier molecular flexibility index (Phi) is 4.42. The van der Waals surface area contributed by atoms with E-state index in [9.17, 15) is 9.59 Å². The number of amides is 2. The fraction of sp³-hybridized carbons (Fsp3) is 0.250. The van der Waals surface area contributed by atoms with Crippen molar-refractivity contribution in [1.82, 2.24) is 9.88 Å². The number of benzene rings is 2. The highest BCUT2D eigenvalue weighted by Crippen LogP contribution is 2.28. The maximum absolute atomic E-state index is 12.8. The first-order chi connectivity index (χ1) is 12.6. The molecule has 0 unspecified atom stereocenters. The largest absolute Gasteiger partial charge is 0.338 e. The molecule has 1 aromatic heterocycles. The smallest absolute Gasteiger partial charge is 0.259 e. The predicted molar refractivity (Wildman–Crippen MR) is 103 cm³/mol. The third-order valence-corrected chi connectivity index (χ3v) is 5.73. The molecule has 4 rings (SSSR count). The number of carbonyl (C=O) groups is 2. The van der Waals surface area contributed by atoms with Crippen molar-refractivity contribution in [2.75, 3.05) is 18.5 Å². The predicted octanol–water partition coefficient (Wildman–Crippen LogP) is 3.70. The lowest BCUT2D eigenvalue weighted by molar-refractivity contribution is -0.128. The number of para-hydroxylation sites is 1. The zero-order valence-corrected chi connectivity index (χ0v) is 15.3. The molecule has 0 radical (unpaired) electrons. The van der Waals surface area contributed by atoms with Crippen LogP contribution in [0.15, 0.2) is 48.5 Å². The molecule has 1 aliphatic heterocycles. The van der Waals surface area contributed by atoms with E-state index >= 15 is 0 Å². The molecule has 1 aliphatic rings.